The molecule has 136 valence electrons. The fourth-order valence-corrected chi connectivity index (χ4v) is 4.38. The molecule has 0 aliphatic carbocycles. The van der Waals surface area contributed by atoms with E-state index in [0.717, 1.165) is 17.7 Å². The maximum absolute atomic E-state index is 12.8. The Labute approximate surface area is 156 Å². The first-order valence-corrected chi connectivity index (χ1v) is 10.1. The minimum Gasteiger partial charge on any atom is -0.481 e. The number of hydrogen-bond donors (Lipinski definition) is 1. The highest BCUT2D eigenvalue weighted by molar-refractivity contribution is 7.98. The van der Waals surface area contributed by atoms with Crippen molar-refractivity contribution in [3.63, 3.8) is 0 Å². The number of hydrogen-bond acceptors (Lipinski definition) is 4. The number of ether oxygens (including phenoxy) is 1. The summed E-state index contributed by atoms with van der Waals surface area (Å²) in [6.45, 7) is 1.73. The Morgan fingerprint density at radius 2 is 2.00 bits per heavy atom. The topological polar surface area (TPSA) is 66.8 Å². The molecule has 25 heavy (non-hydrogen) atoms. The van der Waals surface area contributed by atoms with Crippen molar-refractivity contribution in [2.75, 3.05) is 26.0 Å². The van der Waals surface area contributed by atoms with Crippen LogP contribution in [0.1, 0.15) is 29.6 Å². The van der Waals surface area contributed by atoms with Crippen LogP contribution in [0, 0.1) is 11.8 Å². The number of carbonyl (C=O) groups excluding carboxylic acids is 1. The summed E-state index contributed by atoms with van der Waals surface area (Å²) in [5.74, 6) is -1.05. The van der Waals surface area contributed by atoms with E-state index in [9.17, 15) is 14.7 Å². The zero-order valence-electron chi connectivity index (χ0n) is 14.1. The highest BCUT2D eigenvalue weighted by atomic mass is 35.5. The van der Waals surface area contributed by atoms with Crippen LogP contribution in [0.2, 0.25) is 5.02 Å². The molecule has 2 aliphatic heterocycles. The SMILES string of the molecule is CSc1ccc(Cl)c(C(=O)N2CCC([C@@H]3OCCC3C(=O)O)CC2)c1. The molecule has 3 rings (SSSR count). The van der Waals surface area contributed by atoms with Gasteiger partial charge in [0.05, 0.1) is 22.6 Å². The molecule has 2 fully saturated rings. The molecule has 0 saturated carbocycles. The van der Waals surface area contributed by atoms with Gasteiger partial charge in [-0.2, -0.15) is 0 Å². The van der Waals surface area contributed by atoms with Crippen LogP contribution in [0.5, 0.6) is 0 Å². The molecule has 0 bridgehead atoms. The van der Waals surface area contributed by atoms with Crippen molar-refractivity contribution in [1.29, 1.82) is 0 Å². The van der Waals surface area contributed by atoms with Crippen LogP contribution >= 0.6 is 23.4 Å². The van der Waals surface area contributed by atoms with E-state index in [1.165, 1.54) is 0 Å². The van der Waals surface area contributed by atoms with E-state index in [4.69, 9.17) is 16.3 Å². The Balaban J connectivity index is 1.64. The number of amides is 1. The molecule has 0 aromatic heterocycles. The van der Waals surface area contributed by atoms with Gasteiger partial charge in [0.25, 0.3) is 5.91 Å². The number of nitrogens with zero attached hydrogens (tertiary/aromatic N) is 1. The van der Waals surface area contributed by atoms with Crippen LogP contribution in [-0.4, -0.2) is 53.9 Å². The van der Waals surface area contributed by atoms with Crippen LogP contribution in [0.3, 0.4) is 0 Å². The van der Waals surface area contributed by atoms with Crippen molar-refractivity contribution in [2.45, 2.75) is 30.3 Å². The lowest BCUT2D eigenvalue weighted by molar-refractivity contribution is -0.145. The standard InChI is InChI=1S/C18H22ClNO4S/c1-25-12-2-3-15(19)14(10-12)17(21)20-7-4-11(5-8-20)16-13(18(22)23)6-9-24-16/h2-3,10-11,13,16H,4-9H2,1H3,(H,22,23)/t13?,16-/m0/s1. The number of rotatable bonds is 4. The third-order valence-electron chi connectivity index (χ3n) is 5.15. The second kappa shape index (κ2) is 7.98. The molecule has 2 aliphatic rings. The largest absolute Gasteiger partial charge is 0.481 e. The fourth-order valence-electron chi connectivity index (χ4n) is 3.74. The highest BCUT2D eigenvalue weighted by Gasteiger charge is 2.40. The lowest BCUT2D eigenvalue weighted by Crippen LogP contribution is -2.43. The Morgan fingerprint density at radius 3 is 2.64 bits per heavy atom. The molecule has 2 heterocycles. The first kappa shape index (κ1) is 18.5. The molecule has 1 aromatic carbocycles. The number of benzene rings is 1. The minimum absolute atomic E-state index is 0.0542. The summed E-state index contributed by atoms with van der Waals surface area (Å²) in [5.41, 5.74) is 0.535. The Morgan fingerprint density at radius 1 is 1.28 bits per heavy atom. The zero-order valence-corrected chi connectivity index (χ0v) is 15.7. The number of carboxylic acid groups (broad SMARTS) is 1. The predicted molar refractivity (Wildman–Crippen MR) is 97.3 cm³/mol. The highest BCUT2D eigenvalue weighted by Crippen LogP contribution is 2.34. The molecule has 0 radical (unpaired) electrons. The summed E-state index contributed by atoms with van der Waals surface area (Å²) >= 11 is 7.79. The lowest BCUT2D eigenvalue weighted by Gasteiger charge is -2.35. The summed E-state index contributed by atoms with van der Waals surface area (Å²) in [6, 6.07) is 5.50. The molecule has 2 atom stereocenters. The van der Waals surface area contributed by atoms with Gasteiger partial charge in [-0.1, -0.05) is 11.6 Å². The van der Waals surface area contributed by atoms with Gasteiger partial charge in [-0.3, -0.25) is 9.59 Å². The van der Waals surface area contributed by atoms with Gasteiger partial charge in [0.2, 0.25) is 0 Å². The van der Waals surface area contributed by atoms with E-state index in [2.05, 4.69) is 0 Å². The van der Waals surface area contributed by atoms with E-state index in [1.807, 2.05) is 23.3 Å². The van der Waals surface area contributed by atoms with Gasteiger partial charge in [0.15, 0.2) is 0 Å². The van der Waals surface area contributed by atoms with Gasteiger partial charge in [-0.25, -0.2) is 0 Å². The molecule has 1 aromatic rings. The summed E-state index contributed by atoms with van der Waals surface area (Å²) < 4.78 is 5.69. The second-order valence-corrected chi connectivity index (χ2v) is 7.83. The van der Waals surface area contributed by atoms with E-state index in [0.29, 0.717) is 36.7 Å². The molecule has 2 saturated heterocycles. The fraction of sp³-hybridized carbons (Fsp3) is 0.556. The number of halogens is 1. The second-order valence-electron chi connectivity index (χ2n) is 6.54. The van der Waals surface area contributed by atoms with Gasteiger partial charge in [0.1, 0.15) is 0 Å². The van der Waals surface area contributed by atoms with E-state index in [1.54, 1.807) is 17.8 Å². The summed E-state index contributed by atoms with van der Waals surface area (Å²) in [4.78, 5) is 27.0. The first-order chi connectivity index (χ1) is 12.0. The third-order valence-corrected chi connectivity index (χ3v) is 6.20. The number of carboxylic acids is 1. The summed E-state index contributed by atoms with van der Waals surface area (Å²) in [7, 11) is 0. The van der Waals surface area contributed by atoms with E-state index >= 15 is 0 Å². The molecule has 1 N–H and O–H groups in total. The van der Waals surface area contributed by atoms with Crippen LogP contribution < -0.4 is 0 Å². The van der Waals surface area contributed by atoms with Crippen LogP contribution in [0.4, 0.5) is 0 Å². The van der Waals surface area contributed by atoms with Crippen molar-refractivity contribution in [3.05, 3.63) is 28.8 Å². The van der Waals surface area contributed by atoms with Gasteiger partial charge >= 0.3 is 5.97 Å². The van der Waals surface area contributed by atoms with Crippen LogP contribution in [0.25, 0.3) is 0 Å². The van der Waals surface area contributed by atoms with Gasteiger partial charge < -0.3 is 14.7 Å². The molecular weight excluding hydrogens is 362 g/mol. The third kappa shape index (κ3) is 3.96. The van der Waals surface area contributed by atoms with Gasteiger partial charge in [0, 0.05) is 24.6 Å². The molecule has 7 heteroatoms. The maximum atomic E-state index is 12.8. The maximum Gasteiger partial charge on any atom is 0.309 e. The number of piperidine rings is 1. The van der Waals surface area contributed by atoms with E-state index < -0.39 is 11.9 Å². The van der Waals surface area contributed by atoms with Crippen molar-refractivity contribution in [3.8, 4) is 0 Å². The van der Waals surface area contributed by atoms with Crippen LogP contribution in [-0.2, 0) is 9.53 Å². The summed E-state index contributed by atoms with van der Waals surface area (Å²) in [5, 5.41) is 9.79. The average Bonchev–Trinajstić information content (AvgIpc) is 3.12. The Bertz CT molecular complexity index is 660. The van der Waals surface area contributed by atoms with Gasteiger partial charge in [-0.15, -0.1) is 11.8 Å². The zero-order chi connectivity index (χ0) is 18.0. The number of carbonyl (C=O) groups is 2. The molecule has 1 amide bonds. The molecular formula is C18H22ClNO4S. The quantitative estimate of drug-likeness (QED) is 0.807. The van der Waals surface area contributed by atoms with Crippen molar-refractivity contribution < 1.29 is 19.4 Å². The number of thioether (sulfide) groups is 1. The van der Waals surface area contributed by atoms with Gasteiger partial charge in [-0.05, 0) is 49.6 Å². The van der Waals surface area contributed by atoms with Crippen molar-refractivity contribution in [1.82, 2.24) is 4.90 Å². The minimum atomic E-state index is -0.776. The average molecular weight is 384 g/mol. The number of likely N-dealkylation sites (tertiary alicyclic amines) is 1. The Kier molecular flexibility index (Phi) is 5.92. The van der Waals surface area contributed by atoms with Crippen molar-refractivity contribution in [2.24, 2.45) is 11.8 Å². The smallest absolute Gasteiger partial charge is 0.309 e. The van der Waals surface area contributed by atoms with Crippen molar-refractivity contribution >= 4 is 35.2 Å². The molecule has 0 spiro atoms. The number of aliphatic carboxylic acids is 1. The first-order valence-electron chi connectivity index (χ1n) is 8.48. The predicted octanol–water partition coefficient (Wildman–Crippen LogP) is 3.40. The van der Waals surface area contributed by atoms with E-state index in [-0.39, 0.29) is 17.9 Å². The van der Waals surface area contributed by atoms with Crippen LogP contribution in [0.15, 0.2) is 23.1 Å². The Hall–Kier alpha value is -1.24. The lowest BCUT2D eigenvalue weighted by atomic mass is 9.84. The summed E-state index contributed by atoms with van der Waals surface area (Å²) in [6.07, 6.45) is 3.85. The molecule has 1 unspecified atom stereocenters. The normalized spacial score (nSPS) is 24.5. The molecule has 5 nitrogen and oxygen atoms in total. The monoisotopic (exact) mass is 383 g/mol.